The molecular formula is C24H22ClFN2O3. The lowest BCUT2D eigenvalue weighted by molar-refractivity contribution is -0.147. The van der Waals surface area contributed by atoms with E-state index in [0.717, 1.165) is 16.5 Å². The summed E-state index contributed by atoms with van der Waals surface area (Å²) < 4.78 is 19.6. The Morgan fingerprint density at radius 2 is 1.97 bits per heavy atom. The number of carbonyl (C=O) groups is 2. The van der Waals surface area contributed by atoms with Gasteiger partial charge in [-0.05, 0) is 53.9 Å². The van der Waals surface area contributed by atoms with Gasteiger partial charge >= 0.3 is 0 Å². The van der Waals surface area contributed by atoms with E-state index in [1.165, 1.54) is 12.1 Å². The van der Waals surface area contributed by atoms with Crippen LogP contribution < -0.4 is 0 Å². The molecule has 0 radical (unpaired) electrons. The van der Waals surface area contributed by atoms with Crippen LogP contribution in [-0.4, -0.2) is 47.9 Å². The number of rotatable bonds is 5. The third-order valence-electron chi connectivity index (χ3n) is 5.80. The number of methoxy groups -OCH3 is 1. The Morgan fingerprint density at radius 3 is 2.71 bits per heavy atom. The van der Waals surface area contributed by atoms with Crippen LogP contribution in [-0.2, 0) is 20.7 Å². The molecule has 5 nitrogen and oxygen atoms in total. The highest BCUT2D eigenvalue weighted by Crippen LogP contribution is 2.34. The molecule has 0 unspecified atom stereocenters. The van der Waals surface area contributed by atoms with Crippen molar-refractivity contribution in [3.8, 4) is 0 Å². The summed E-state index contributed by atoms with van der Waals surface area (Å²) in [6, 6.07) is 13.3. The summed E-state index contributed by atoms with van der Waals surface area (Å²) >= 11 is 5.88. The minimum absolute atomic E-state index is 0.0296. The van der Waals surface area contributed by atoms with Gasteiger partial charge in [-0.2, -0.15) is 0 Å². The first-order valence-corrected chi connectivity index (χ1v) is 10.5. The van der Waals surface area contributed by atoms with Crippen LogP contribution >= 0.6 is 11.6 Å². The number of pyridine rings is 1. The normalized spacial score (nSPS) is 18.9. The van der Waals surface area contributed by atoms with Gasteiger partial charge in [-0.1, -0.05) is 23.7 Å². The van der Waals surface area contributed by atoms with Gasteiger partial charge in [0.25, 0.3) is 5.91 Å². The average Bonchev–Trinajstić information content (AvgIpc) is 2.79. The molecule has 0 aliphatic carbocycles. The van der Waals surface area contributed by atoms with Gasteiger partial charge in [0, 0.05) is 49.1 Å². The molecule has 160 valence electrons. The number of halogens is 2. The molecule has 0 spiro atoms. The van der Waals surface area contributed by atoms with Gasteiger partial charge in [-0.3, -0.25) is 14.6 Å². The van der Waals surface area contributed by atoms with Crippen molar-refractivity contribution in [1.82, 2.24) is 9.88 Å². The van der Waals surface area contributed by atoms with Crippen molar-refractivity contribution in [3.05, 3.63) is 76.7 Å². The van der Waals surface area contributed by atoms with E-state index in [2.05, 4.69) is 4.98 Å². The molecule has 1 aromatic heterocycles. The Morgan fingerprint density at radius 1 is 1.19 bits per heavy atom. The molecule has 1 amide bonds. The van der Waals surface area contributed by atoms with E-state index in [1.807, 2.05) is 6.07 Å². The van der Waals surface area contributed by atoms with Gasteiger partial charge in [0.2, 0.25) is 5.78 Å². The Bertz CT molecular complexity index is 1120. The second-order valence-corrected chi connectivity index (χ2v) is 8.14. The lowest BCUT2D eigenvalue weighted by Crippen LogP contribution is -2.49. The Kier molecular flexibility index (Phi) is 6.30. The number of hydrogen-bond donors (Lipinski definition) is 0. The summed E-state index contributed by atoms with van der Waals surface area (Å²) in [7, 11) is 1.59. The topological polar surface area (TPSA) is 59.5 Å². The molecule has 1 aliphatic heterocycles. The second-order valence-electron chi connectivity index (χ2n) is 7.71. The molecule has 2 atom stereocenters. The van der Waals surface area contributed by atoms with Crippen LogP contribution in [0, 0.1) is 5.82 Å². The third-order valence-corrected chi connectivity index (χ3v) is 6.05. The number of amides is 1. The monoisotopic (exact) mass is 440 g/mol. The van der Waals surface area contributed by atoms with Crippen molar-refractivity contribution in [2.75, 3.05) is 20.2 Å². The predicted octanol–water partition coefficient (Wildman–Crippen LogP) is 4.17. The lowest BCUT2D eigenvalue weighted by Gasteiger charge is -2.38. The van der Waals surface area contributed by atoms with E-state index in [0.29, 0.717) is 30.0 Å². The predicted molar refractivity (Wildman–Crippen MR) is 117 cm³/mol. The molecule has 7 heteroatoms. The van der Waals surface area contributed by atoms with Gasteiger partial charge in [0.05, 0.1) is 11.6 Å². The van der Waals surface area contributed by atoms with E-state index in [-0.39, 0.29) is 24.3 Å². The SMILES string of the molecule is CO[C@@H]1CN(C(=O)C(=O)Cc2ccc(Cl)cc2)CC[C@H]1c1ccnc2ccc(F)cc12. The molecule has 1 saturated heterocycles. The number of ketones is 1. The fraction of sp³-hybridized carbons (Fsp3) is 0.292. The molecule has 31 heavy (non-hydrogen) atoms. The van der Waals surface area contributed by atoms with Crippen LogP contribution in [0.15, 0.2) is 54.7 Å². The standard InChI is InChI=1S/C24H22ClFN2O3/c1-31-23-14-28(24(30)22(29)12-15-2-4-16(25)5-3-15)11-9-19(23)18-8-10-27-21-7-6-17(26)13-20(18)21/h2-8,10,13,19,23H,9,11-12,14H2,1H3/t19-,23+/m0/s1. The van der Waals surface area contributed by atoms with Crippen molar-refractivity contribution in [2.24, 2.45) is 0 Å². The molecular weight excluding hydrogens is 419 g/mol. The summed E-state index contributed by atoms with van der Waals surface area (Å²) in [5.74, 6) is -1.34. The van der Waals surface area contributed by atoms with Gasteiger partial charge < -0.3 is 9.64 Å². The number of Topliss-reactive ketones (excluding diaryl/α,β-unsaturated/α-hetero) is 1. The summed E-state index contributed by atoms with van der Waals surface area (Å²) in [5, 5.41) is 1.32. The van der Waals surface area contributed by atoms with Gasteiger partial charge in [0.1, 0.15) is 5.82 Å². The van der Waals surface area contributed by atoms with E-state index < -0.39 is 11.7 Å². The van der Waals surface area contributed by atoms with E-state index >= 15 is 0 Å². The molecule has 0 saturated carbocycles. The van der Waals surface area contributed by atoms with E-state index in [1.54, 1.807) is 48.5 Å². The number of likely N-dealkylation sites (tertiary alicyclic amines) is 1. The van der Waals surface area contributed by atoms with Crippen LogP contribution in [0.3, 0.4) is 0 Å². The zero-order valence-electron chi connectivity index (χ0n) is 17.1. The maximum absolute atomic E-state index is 13.9. The summed E-state index contributed by atoms with van der Waals surface area (Å²) in [5.41, 5.74) is 2.40. The Balaban J connectivity index is 1.50. The minimum Gasteiger partial charge on any atom is -0.379 e. The fourth-order valence-corrected chi connectivity index (χ4v) is 4.32. The highest BCUT2D eigenvalue weighted by Gasteiger charge is 2.35. The number of hydrogen-bond acceptors (Lipinski definition) is 4. The maximum atomic E-state index is 13.9. The molecule has 1 fully saturated rings. The van der Waals surface area contributed by atoms with Crippen LogP contribution in [0.1, 0.15) is 23.5 Å². The van der Waals surface area contributed by atoms with Crippen LogP contribution in [0.25, 0.3) is 10.9 Å². The highest BCUT2D eigenvalue weighted by atomic mass is 35.5. The number of piperidine rings is 1. The first-order chi connectivity index (χ1) is 15.0. The Labute approximate surface area is 184 Å². The van der Waals surface area contributed by atoms with Gasteiger partial charge in [-0.15, -0.1) is 0 Å². The largest absolute Gasteiger partial charge is 0.379 e. The molecule has 2 heterocycles. The molecule has 3 aromatic rings. The van der Waals surface area contributed by atoms with Crippen LogP contribution in [0.2, 0.25) is 5.02 Å². The van der Waals surface area contributed by atoms with Crippen LogP contribution in [0.4, 0.5) is 4.39 Å². The van der Waals surface area contributed by atoms with Crippen LogP contribution in [0.5, 0.6) is 0 Å². The van der Waals surface area contributed by atoms with Gasteiger partial charge in [-0.25, -0.2) is 4.39 Å². The van der Waals surface area contributed by atoms with Gasteiger partial charge in [0.15, 0.2) is 0 Å². The number of carbonyl (C=O) groups excluding carboxylic acids is 2. The highest BCUT2D eigenvalue weighted by molar-refractivity contribution is 6.36. The smallest absolute Gasteiger partial charge is 0.290 e. The van der Waals surface area contributed by atoms with Crippen molar-refractivity contribution in [3.63, 3.8) is 0 Å². The summed E-state index contributed by atoms with van der Waals surface area (Å²) in [4.78, 5) is 31.2. The molecule has 2 aromatic carbocycles. The fourth-order valence-electron chi connectivity index (χ4n) is 4.20. The third kappa shape index (κ3) is 4.60. The zero-order valence-corrected chi connectivity index (χ0v) is 17.8. The molecule has 1 aliphatic rings. The quantitative estimate of drug-likeness (QED) is 0.559. The zero-order chi connectivity index (χ0) is 22.0. The lowest BCUT2D eigenvalue weighted by atomic mass is 9.85. The second kappa shape index (κ2) is 9.12. The Hall–Kier alpha value is -2.83. The first kappa shape index (κ1) is 21.4. The van der Waals surface area contributed by atoms with Crippen molar-refractivity contribution in [2.45, 2.75) is 24.9 Å². The van der Waals surface area contributed by atoms with Crippen molar-refractivity contribution < 1.29 is 18.7 Å². The van der Waals surface area contributed by atoms with Crippen molar-refractivity contribution in [1.29, 1.82) is 0 Å². The number of benzene rings is 2. The average molecular weight is 441 g/mol. The van der Waals surface area contributed by atoms with E-state index in [9.17, 15) is 14.0 Å². The molecule has 0 bridgehead atoms. The number of nitrogens with zero attached hydrogens (tertiary/aromatic N) is 2. The maximum Gasteiger partial charge on any atom is 0.290 e. The number of fused-ring (bicyclic) bond motifs is 1. The number of ether oxygens (including phenoxy) is 1. The minimum atomic E-state index is -0.513. The summed E-state index contributed by atoms with van der Waals surface area (Å²) in [6.07, 6.45) is 2.03. The molecule has 4 rings (SSSR count). The van der Waals surface area contributed by atoms with Crippen molar-refractivity contribution >= 4 is 34.2 Å². The first-order valence-electron chi connectivity index (χ1n) is 10.1. The number of aromatic nitrogens is 1. The van der Waals surface area contributed by atoms with E-state index in [4.69, 9.17) is 16.3 Å². The molecule has 0 N–H and O–H groups in total. The summed E-state index contributed by atoms with van der Waals surface area (Å²) in [6.45, 7) is 0.723.